The Kier molecular flexibility index (Phi) is 10.9. The number of thiophene rings is 1. The molecule has 0 bridgehead atoms. The molecular formula is C36H41N5O2S. The molecule has 1 aliphatic carbocycles. The number of hydrogen-bond donors (Lipinski definition) is 0. The van der Waals surface area contributed by atoms with Crippen LogP contribution in [-0.4, -0.2) is 30.5 Å². The van der Waals surface area contributed by atoms with Gasteiger partial charge in [-0.15, -0.1) is 0 Å². The molecule has 0 spiro atoms. The molecule has 0 aliphatic heterocycles. The third kappa shape index (κ3) is 6.67. The Labute approximate surface area is 264 Å². The molecule has 0 N–H and O–H groups in total. The van der Waals surface area contributed by atoms with Crippen molar-refractivity contribution in [2.45, 2.75) is 54.0 Å². The van der Waals surface area contributed by atoms with E-state index in [0.29, 0.717) is 6.54 Å². The van der Waals surface area contributed by atoms with Gasteiger partial charge in [-0.25, -0.2) is 0 Å². The first-order valence-electron chi connectivity index (χ1n) is 14.7. The molecule has 8 heteroatoms. The summed E-state index contributed by atoms with van der Waals surface area (Å²) < 4.78 is 13.1. The van der Waals surface area contributed by atoms with E-state index in [9.17, 15) is 0 Å². The van der Waals surface area contributed by atoms with Crippen LogP contribution in [0.4, 0.5) is 0 Å². The van der Waals surface area contributed by atoms with Crippen LogP contribution in [0.25, 0.3) is 21.7 Å². The first kappa shape index (κ1) is 32.4. The smallest absolute Gasteiger partial charge is 0.118 e. The van der Waals surface area contributed by atoms with Gasteiger partial charge in [-0.05, 0) is 114 Å². The van der Waals surface area contributed by atoms with E-state index in [2.05, 4.69) is 73.6 Å². The second kappa shape index (κ2) is 14.8. The maximum Gasteiger partial charge on any atom is 0.118 e. The van der Waals surface area contributed by atoms with Crippen LogP contribution in [0.2, 0.25) is 0 Å². The molecule has 0 fully saturated rings. The molecule has 0 amide bonds. The number of hydrogen-bond acceptors (Lipinski definition) is 5. The minimum atomic E-state index is -0.0634. The van der Waals surface area contributed by atoms with Crippen LogP contribution in [0.3, 0.4) is 0 Å². The van der Waals surface area contributed by atoms with Crippen molar-refractivity contribution in [1.29, 1.82) is 0 Å². The van der Waals surface area contributed by atoms with Crippen molar-refractivity contribution in [1.82, 2.24) is 9.78 Å². The Hall–Kier alpha value is -4.52. The molecule has 0 saturated heterocycles. The van der Waals surface area contributed by atoms with Gasteiger partial charge in [0.25, 0.3) is 0 Å². The summed E-state index contributed by atoms with van der Waals surface area (Å²) in [4.78, 5) is 2.48. The summed E-state index contributed by atoms with van der Waals surface area (Å²) in [6.45, 7) is 13.5. The van der Waals surface area contributed by atoms with Gasteiger partial charge in [-0.1, -0.05) is 48.4 Å². The molecule has 1 aliphatic rings. The average Bonchev–Trinajstić information content (AvgIpc) is 3.82. The molecule has 228 valence electrons. The highest BCUT2D eigenvalue weighted by atomic mass is 32.1. The van der Waals surface area contributed by atoms with E-state index in [1.165, 1.54) is 55.8 Å². The van der Waals surface area contributed by atoms with Gasteiger partial charge in [0, 0.05) is 29.0 Å². The number of aryl methyl sites for hydroxylation is 1. The topological polar surface area (TPSA) is 85.0 Å². The Morgan fingerprint density at radius 3 is 1.75 bits per heavy atom. The maximum atomic E-state index is 7.52. The molecule has 2 aromatic heterocycles. The highest BCUT2D eigenvalue weighted by Gasteiger charge is 2.33. The fourth-order valence-corrected chi connectivity index (χ4v) is 6.14. The van der Waals surface area contributed by atoms with E-state index < -0.39 is 0 Å². The third-order valence-electron chi connectivity index (χ3n) is 8.35. The van der Waals surface area contributed by atoms with Crippen LogP contribution < -0.4 is 9.47 Å². The normalized spacial score (nSPS) is 10.9. The number of azide groups is 1. The number of benzene rings is 3. The number of rotatable bonds is 6. The zero-order valence-electron chi connectivity index (χ0n) is 26.9. The lowest BCUT2D eigenvalue weighted by Gasteiger charge is -2.23. The summed E-state index contributed by atoms with van der Waals surface area (Å²) >= 11 is 1.71. The van der Waals surface area contributed by atoms with Crippen molar-refractivity contribution < 1.29 is 9.47 Å². The monoisotopic (exact) mass is 607 g/mol. The van der Waals surface area contributed by atoms with Crippen molar-refractivity contribution in [2.75, 3.05) is 20.8 Å². The van der Waals surface area contributed by atoms with Crippen molar-refractivity contribution in [3.63, 3.8) is 0 Å². The lowest BCUT2D eigenvalue weighted by molar-refractivity contribution is 0.414. The molecule has 44 heavy (non-hydrogen) atoms. The van der Waals surface area contributed by atoms with E-state index in [-0.39, 0.29) is 6.04 Å². The zero-order valence-corrected chi connectivity index (χ0v) is 27.7. The average molecular weight is 608 g/mol. The Morgan fingerprint density at radius 2 is 1.34 bits per heavy atom. The minimum Gasteiger partial charge on any atom is -0.497 e. The molecule has 7 nitrogen and oxygen atoms in total. The van der Waals surface area contributed by atoms with Gasteiger partial charge >= 0.3 is 0 Å². The molecule has 3 aromatic carbocycles. The van der Waals surface area contributed by atoms with Gasteiger partial charge < -0.3 is 9.47 Å². The highest BCUT2D eigenvalue weighted by Crippen LogP contribution is 2.46. The molecule has 2 heterocycles. The number of fused-ring (bicyclic) bond motifs is 3. The summed E-state index contributed by atoms with van der Waals surface area (Å²) in [5, 5.41) is 12.4. The standard InChI is InChI=1S/C30H32N2O2.C4H4S.C2H5N3/c1-17-18(2)20(4)28-26(19(17)3)16-27-21(5)31-32(30(27)28)29(22-8-12-24(33-6)13-9-22)23-10-14-25(34-7)15-11-23;1-2-4-5-3-1;1-2-4-5-3/h8-15,29H,16H2,1-7H3;1-4H;2H2,1H3. The van der Waals surface area contributed by atoms with E-state index in [1.54, 1.807) is 32.5 Å². The van der Waals surface area contributed by atoms with E-state index >= 15 is 0 Å². The first-order chi connectivity index (χ1) is 21.3. The fraction of sp³-hybridized carbons (Fsp3) is 0.306. The molecular weight excluding hydrogens is 566 g/mol. The highest BCUT2D eigenvalue weighted by molar-refractivity contribution is 7.07. The van der Waals surface area contributed by atoms with Crippen molar-refractivity contribution in [3.8, 4) is 22.8 Å². The summed E-state index contributed by atoms with van der Waals surface area (Å²) in [5.41, 5.74) is 21.9. The van der Waals surface area contributed by atoms with Crippen LogP contribution in [0, 0.1) is 34.6 Å². The largest absolute Gasteiger partial charge is 0.497 e. The summed E-state index contributed by atoms with van der Waals surface area (Å²) in [6, 6.07) is 20.7. The molecule has 6 rings (SSSR count). The first-order valence-corrected chi connectivity index (χ1v) is 15.6. The van der Waals surface area contributed by atoms with Gasteiger partial charge in [0.05, 0.1) is 25.6 Å². The predicted molar refractivity (Wildman–Crippen MR) is 181 cm³/mol. The van der Waals surface area contributed by atoms with Crippen molar-refractivity contribution in [2.24, 2.45) is 5.11 Å². The second-order valence-electron chi connectivity index (χ2n) is 10.7. The fourth-order valence-electron chi connectivity index (χ4n) is 5.69. The van der Waals surface area contributed by atoms with Gasteiger partial charge in [0.15, 0.2) is 0 Å². The number of ether oxygens (including phenoxy) is 2. The Bertz CT molecular complexity index is 1670. The molecule has 0 saturated carbocycles. The van der Waals surface area contributed by atoms with E-state index in [0.717, 1.165) is 23.6 Å². The van der Waals surface area contributed by atoms with Crippen molar-refractivity contribution >= 4 is 11.3 Å². The summed E-state index contributed by atoms with van der Waals surface area (Å²) in [7, 11) is 3.40. The number of methoxy groups -OCH3 is 2. The third-order valence-corrected chi connectivity index (χ3v) is 8.98. The van der Waals surface area contributed by atoms with Crippen LogP contribution in [0.15, 0.2) is 76.5 Å². The summed E-state index contributed by atoms with van der Waals surface area (Å²) in [6.07, 6.45) is 0.947. The Balaban J connectivity index is 0.000000379. The van der Waals surface area contributed by atoms with E-state index in [1.807, 2.05) is 47.2 Å². The lowest BCUT2D eigenvalue weighted by Crippen LogP contribution is -2.16. The number of aromatic nitrogens is 2. The van der Waals surface area contributed by atoms with Gasteiger partial charge in [0.1, 0.15) is 17.5 Å². The zero-order chi connectivity index (χ0) is 31.8. The quantitative estimate of drug-likeness (QED) is 0.107. The van der Waals surface area contributed by atoms with Gasteiger partial charge in [-0.2, -0.15) is 16.4 Å². The minimum absolute atomic E-state index is 0.0634. The van der Waals surface area contributed by atoms with Gasteiger partial charge in [0.2, 0.25) is 0 Å². The molecule has 0 radical (unpaired) electrons. The maximum absolute atomic E-state index is 7.52. The van der Waals surface area contributed by atoms with E-state index in [4.69, 9.17) is 20.1 Å². The SMILES string of the molecule is CCN=[N+]=[N-].COc1ccc(C(c2ccc(OC)cc2)n2nc(C)c3c2-c2c(C)c(C)c(C)c(C)c2C3)cc1.c1ccsc1. The van der Waals surface area contributed by atoms with Gasteiger partial charge in [-0.3, -0.25) is 4.68 Å². The number of nitrogens with zero attached hydrogens (tertiary/aromatic N) is 5. The van der Waals surface area contributed by atoms with Crippen LogP contribution in [-0.2, 0) is 6.42 Å². The van der Waals surface area contributed by atoms with Crippen molar-refractivity contribution in [3.05, 3.63) is 132 Å². The Morgan fingerprint density at radius 1 is 0.818 bits per heavy atom. The van der Waals surface area contributed by atoms with Crippen LogP contribution >= 0.6 is 11.3 Å². The lowest BCUT2D eigenvalue weighted by atomic mass is 9.89. The molecule has 0 unspecified atom stereocenters. The summed E-state index contributed by atoms with van der Waals surface area (Å²) in [5.74, 6) is 1.70. The van der Waals surface area contributed by atoms with Crippen LogP contribution in [0.5, 0.6) is 11.5 Å². The predicted octanol–water partition coefficient (Wildman–Crippen LogP) is 9.72. The molecule has 0 atom stereocenters. The van der Waals surface area contributed by atoms with Crippen LogP contribution in [0.1, 0.15) is 63.2 Å². The second-order valence-corrected chi connectivity index (χ2v) is 11.5. The molecule has 5 aromatic rings.